The number of carboxylic acids is 1. The number of hydrogen-bond donors (Lipinski definition) is 1. The molecule has 0 saturated carbocycles. The quantitative estimate of drug-likeness (QED) is 0.779. The van der Waals surface area contributed by atoms with Gasteiger partial charge in [-0.15, -0.1) is 0 Å². The Balaban J connectivity index is 1.96. The van der Waals surface area contributed by atoms with Gasteiger partial charge in [0.15, 0.2) is 0 Å². The molecule has 2 rings (SSSR count). The third kappa shape index (κ3) is 2.74. The summed E-state index contributed by atoms with van der Waals surface area (Å²) in [7, 11) is 0. The van der Waals surface area contributed by atoms with E-state index >= 15 is 0 Å². The molecule has 6 heteroatoms. The van der Waals surface area contributed by atoms with Crippen LogP contribution in [0.3, 0.4) is 0 Å². The largest absolute Gasteiger partial charge is 0.481 e. The lowest BCUT2D eigenvalue weighted by molar-refractivity contribution is -0.142. The van der Waals surface area contributed by atoms with Crippen LogP contribution in [0.15, 0.2) is 0 Å². The predicted molar refractivity (Wildman–Crippen MR) is 70.8 cm³/mol. The third-order valence-electron chi connectivity index (χ3n) is 3.71. The minimum Gasteiger partial charge on any atom is -0.481 e. The fraction of sp³-hybridized carbons (Fsp3) is 0.833. The zero-order valence-electron chi connectivity index (χ0n) is 10.8. The van der Waals surface area contributed by atoms with Gasteiger partial charge in [0.2, 0.25) is 0 Å². The summed E-state index contributed by atoms with van der Waals surface area (Å²) in [5.74, 6) is -0.187. The summed E-state index contributed by atoms with van der Waals surface area (Å²) < 4.78 is 0. The fourth-order valence-corrected chi connectivity index (χ4v) is 3.65. The molecule has 3 atom stereocenters. The number of thioether (sulfide) groups is 1. The maximum Gasteiger partial charge on any atom is 0.320 e. The van der Waals surface area contributed by atoms with E-state index in [9.17, 15) is 9.59 Å². The van der Waals surface area contributed by atoms with Crippen LogP contribution >= 0.6 is 11.8 Å². The Hall–Kier alpha value is -0.910. The molecule has 2 amide bonds. The van der Waals surface area contributed by atoms with Gasteiger partial charge in [-0.3, -0.25) is 4.79 Å². The van der Waals surface area contributed by atoms with Crippen molar-refractivity contribution in [1.82, 2.24) is 9.80 Å². The molecule has 5 nitrogen and oxygen atoms in total. The van der Waals surface area contributed by atoms with Crippen LogP contribution in [-0.2, 0) is 4.79 Å². The van der Waals surface area contributed by atoms with Crippen molar-refractivity contribution in [1.29, 1.82) is 0 Å². The summed E-state index contributed by atoms with van der Waals surface area (Å²) >= 11 is 1.88. The van der Waals surface area contributed by atoms with Crippen LogP contribution in [0.5, 0.6) is 0 Å². The van der Waals surface area contributed by atoms with Gasteiger partial charge in [-0.25, -0.2) is 4.79 Å². The first kappa shape index (κ1) is 13.5. The molecule has 102 valence electrons. The molecule has 3 unspecified atom stereocenters. The number of likely N-dealkylation sites (tertiary alicyclic amines) is 1. The van der Waals surface area contributed by atoms with Crippen molar-refractivity contribution < 1.29 is 14.7 Å². The number of carboxylic acid groups (broad SMARTS) is 1. The molecule has 2 aliphatic rings. The molecule has 18 heavy (non-hydrogen) atoms. The monoisotopic (exact) mass is 272 g/mol. The van der Waals surface area contributed by atoms with E-state index in [-0.39, 0.29) is 11.9 Å². The molecule has 0 spiro atoms. The van der Waals surface area contributed by atoms with Gasteiger partial charge in [-0.2, -0.15) is 11.8 Å². The number of amides is 2. The molecule has 0 radical (unpaired) electrons. The predicted octanol–water partition coefficient (Wildman–Crippen LogP) is 1.20. The lowest BCUT2D eigenvalue weighted by Gasteiger charge is -2.33. The van der Waals surface area contributed by atoms with E-state index in [0.29, 0.717) is 18.3 Å². The van der Waals surface area contributed by atoms with Crippen molar-refractivity contribution in [3.63, 3.8) is 0 Å². The van der Waals surface area contributed by atoms with E-state index < -0.39 is 11.9 Å². The molecule has 2 heterocycles. The normalized spacial score (nSPS) is 32.7. The first-order valence-electron chi connectivity index (χ1n) is 6.37. The Morgan fingerprint density at radius 3 is 2.44 bits per heavy atom. The van der Waals surface area contributed by atoms with E-state index in [2.05, 4.69) is 6.92 Å². The maximum atomic E-state index is 12.3. The lowest BCUT2D eigenvalue weighted by Crippen LogP contribution is -2.47. The minimum atomic E-state index is -0.791. The molecule has 0 aromatic heterocycles. The second-order valence-corrected chi connectivity index (χ2v) is 6.78. The van der Waals surface area contributed by atoms with Crippen molar-refractivity contribution >= 4 is 23.8 Å². The molecule has 2 saturated heterocycles. The van der Waals surface area contributed by atoms with Crippen molar-refractivity contribution in [2.24, 2.45) is 11.8 Å². The highest BCUT2D eigenvalue weighted by molar-refractivity contribution is 7.99. The van der Waals surface area contributed by atoms with Gasteiger partial charge in [0.05, 0.1) is 5.92 Å². The van der Waals surface area contributed by atoms with E-state index in [1.165, 1.54) is 0 Å². The van der Waals surface area contributed by atoms with Crippen molar-refractivity contribution in [3.8, 4) is 0 Å². The van der Waals surface area contributed by atoms with Crippen LogP contribution in [-0.4, -0.2) is 64.1 Å². The van der Waals surface area contributed by atoms with Crippen LogP contribution < -0.4 is 0 Å². The van der Waals surface area contributed by atoms with Gasteiger partial charge in [0.1, 0.15) is 0 Å². The van der Waals surface area contributed by atoms with Crippen molar-refractivity contribution in [3.05, 3.63) is 0 Å². The smallest absolute Gasteiger partial charge is 0.320 e. The summed E-state index contributed by atoms with van der Waals surface area (Å²) in [6, 6.07) is 0.0118. The molecular formula is C12H20N2O3S. The molecule has 2 aliphatic heterocycles. The number of nitrogens with zero attached hydrogens (tertiary/aromatic N) is 2. The Bertz CT molecular complexity index is 350. The van der Waals surface area contributed by atoms with Gasteiger partial charge >= 0.3 is 12.0 Å². The van der Waals surface area contributed by atoms with Crippen molar-refractivity contribution in [2.75, 3.05) is 31.9 Å². The number of aliphatic carboxylic acids is 1. The summed E-state index contributed by atoms with van der Waals surface area (Å²) in [4.78, 5) is 26.9. The summed E-state index contributed by atoms with van der Waals surface area (Å²) in [5.41, 5.74) is 0. The summed E-state index contributed by atoms with van der Waals surface area (Å²) in [6.07, 6.45) is 0. The van der Waals surface area contributed by atoms with Gasteiger partial charge in [-0.05, 0) is 5.92 Å². The van der Waals surface area contributed by atoms with E-state index in [1.54, 1.807) is 4.90 Å². The van der Waals surface area contributed by atoms with Crippen LogP contribution in [0.25, 0.3) is 0 Å². The summed E-state index contributed by atoms with van der Waals surface area (Å²) in [5, 5.41) is 9.55. The van der Waals surface area contributed by atoms with Gasteiger partial charge in [0, 0.05) is 37.2 Å². The highest BCUT2D eigenvalue weighted by Gasteiger charge is 2.38. The number of hydrogen-bond acceptors (Lipinski definition) is 3. The average molecular weight is 272 g/mol. The standard InChI is InChI=1S/C12H20N2O3S/c1-8-5-14(7-10(8)11(15)16)12(17)13-3-4-18-9(2)6-13/h8-10H,3-7H2,1-2H3,(H,15,16). The molecule has 0 bridgehead atoms. The Kier molecular flexibility index (Phi) is 4.04. The second-order valence-electron chi connectivity index (χ2n) is 5.24. The highest BCUT2D eigenvalue weighted by atomic mass is 32.2. The molecule has 0 aromatic rings. The molecule has 0 aliphatic carbocycles. The van der Waals surface area contributed by atoms with E-state index in [1.807, 2.05) is 23.6 Å². The third-order valence-corrected chi connectivity index (χ3v) is 4.85. The Labute approximate surface area is 112 Å². The van der Waals surface area contributed by atoms with Crippen LogP contribution in [0, 0.1) is 11.8 Å². The van der Waals surface area contributed by atoms with E-state index in [4.69, 9.17) is 5.11 Å². The number of rotatable bonds is 1. The van der Waals surface area contributed by atoms with Gasteiger partial charge < -0.3 is 14.9 Å². The van der Waals surface area contributed by atoms with E-state index in [0.717, 1.165) is 18.8 Å². The average Bonchev–Trinajstić information content (AvgIpc) is 2.70. The van der Waals surface area contributed by atoms with Crippen LogP contribution in [0.2, 0.25) is 0 Å². The van der Waals surface area contributed by atoms with Crippen LogP contribution in [0.1, 0.15) is 13.8 Å². The first-order chi connectivity index (χ1) is 8.49. The maximum absolute atomic E-state index is 12.3. The first-order valence-corrected chi connectivity index (χ1v) is 7.42. The second kappa shape index (κ2) is 5.38. The lowest BCUT2D eigenvalue weighted by atomic mass is 9.99. The highest BCUT2D eigenvalue weighted by Crippen LogP contribution is 2.26. The number of carbonyl (C=O) groups is 2. The SMILES string of the molecule is CC1CN(C(=O)N2CC(C)C(C(=O)O)C2)CCS1. The fourth-order valence-electron chi connectivity index (χ4n) is 2.64. The molecule has 1 N–H and O–H groups in total. The molecular weight excluding hydrogens is 252 g/mol. The zero-order valence-corrected chi connectivity index (χ0v) is 11.7. The molecule has 0 aromatic carbocycles. The number of carbonyl (C=O) groups excluding carboxylic acids is 1. The topological polar surface area (TPSA) is 60.9 Å². The van der Waals surface area contributed by atoms with Crippen molar-refractivity contribution in [2.45, 2.75) is 19.1 Å². The van der Waals surface area contributed by atoms with Crippen LogP contribution in [0.4, 0.5) is 4.79 Å². The van der Waals surface area contributed by atoms with Gasteiger partial charge in [0.25, 0.3) is 0 Å². The number of urea groups is 1. The van der Waals surface area contributed by atoms with Gasteiger partial charge in [-0.1, -0.05) is 13.8 Å². The summed E-state index contributed by atoms with van der Waals surface area (Å²) in [6.45, 7) is 6.49. The molecule has 2 fully saturated rings. The Morgan fingerprint density at radius 1 is 1.17 bits per heavy atom. The minimum absolute atomic E-state index is 0.0118. The zero-order chi connectivity index (χ0) is 13.3. The Morgan fingerprint density at radius 2 is 1.89 bits per heavy atom.